The summed E-state index contributed by atoms with van der Waals surface area (Å²) in [7, 11) is -3.80. The fraction of sp³-hybridized carbons (Fsp3) is 0.125. The van der Waals surface area contributed by atoms with Gasteiger partial charge in [-0.3, -0.25) is 9.10 Å². The first kappa shape index (κ1) is 21.7. The van der Waals surface area contributed by atoms with Gasteiger partial charge in [-0.2, -0.15) is 5.26 Å². The molecule has 0 aliphatic heterocycles. The van der Waals surface area contributed by atoms with Crippen molar-refractivity contribution in [3.63, 3.8) is 0 Å². The maximum Gasteiger partial charge on any atom is 0.264 e. The number of carbonyl (C=O) groups is 1. The van der Waals surface area contributed by atoms with E-state index in [9.17, 15) is 18.5 Å². The van der Waals surface area contributed by atoms with E-state index in [0.717, 1.165) is 10.2 Å². The number of carbonyl (C=O) groups excluding carboxylic acids is 1. The normalized spacial score (nSPS) is 12.2. The molecule has 0 aliphatic rings. The summed E-state index contributed by atoms with van der Waals surface area (Å²) in [6.45, 7) is 2.03. The SMILES string of the molecule is CCN(c1ccccc1)S(=O)(=O)c1ccc(C(=O)[C@H](C#N)c2nc3ccccc3s2)cc1. The zero-order chi connectivity index (χ0) is 22.7. The number of thiazole rings is 1. The van der Waals surface area contributed by atoms with Crippen LogP contribution in [0.15, 0.2) is 83.8 Å². The molecule has 0 saturated carbocycles. The first-order valence-corrected chi connectivity index (χ1v) is 12.2. The Morgan fingerprint density at radius 2 is 1.69 bits per heavy atom. The molecule has 8 heteroatoms. The number of anilines is 1. The van der Waals surface area contributed by atoms with Gasteiger partial charge in [-0.05, 0) is 55.5 Å². The lowest BCUT2D eigenvalue weighted by Gasteiger charge is -2.23. The molecule has 0 N–H and O–H groups in total. The number of benzene rings is 3. The van der Waals surface area contributed by atoms with Crippen molar-refractivity contribution in [2.45, 2.75) is 17.7 Å². The number of fused-ring (bicyclic) bond motifs is 1. The average Bonchev–Trinajstić information content (AvgIpc) is 3.24. The van der Waals surface area contributed by atoms with Crippen LogP contribution in [0.2, 0.25) is 0 Å². The Labute approximate surface area is 190 Å². The topological polar surface area (TPSA) is 91.1 Å². The van der Waals surface area contributed by atoms with Crippen molar-refractivity contribution in [2.75, 3.05) is 10.8 Å². The third-order valence-corrected chi connectivity index (χ3v) is 8.03. The molecule has 1 aromatic heterocycles. The van der Waals surface area contributed by atoms with Crippen LogP contribution >= 0.6 is 11.3 Å². The summed E-state index contributed by atoms with van der Waals surface area (Å²) in [5.74, 6) is -1.46. The van der Waals surface area contributed by atoms with Crippen molar-refractivity contribution in [2.24, 2.45) is 0 Å². The van der Waals surface area contributed by atoms with E-state index in [4.69, 9.17) is 0 Å². The van der Waals surface area contributed by atoms with Gasteiger partial charge in [-0.15, -0.1) is 11.3 Å². The van der Waals surface area contributed by atoms with Crippen molar-refractivity contribution in [3.8, 4) is 6.07 Å². The van der Waals surface area contributed by atoms with E-state index in [2.05, 4.69) is 4.98 Å². The summed E-state index contributed by atoms with van der Waals surface area (Å²) in [5.41, 5.74) is 1.57. The van der Waals surface area contributed by atoms with Crippen LogP contribution in [0.3, 0.4) is 0 Å². The second kappa shape index (κ2) is 8.91. The lowest BCUT2D eigenvalue weighted by molar-refractivity contribution is 0.0978. The largest absolute Gasteiger partial charge is 0.292 e. The fourth-order valence-corrected chi connectivity index (χ4v) is 5.90. The molecule has 6 nitrogen and oxygen atoms in total. The minimum Gasteiger partial charge on any atom is -0.292 e. The van der Waals surface area contributed by atoms with E-state index in [0.29, 0.717) is 10.7 Å². The van der Waals surface area contributed by atoms with Gasteiger partial charge in [0, 0.05) is 12.1 Å². The van der Waals surface area contributed by atoms with Crippen LogP contribution in [0.4, 0.5) is 5.69 Å². The van der Waals surface area contributed by atoms with E-state index in [1.165, 1.54) is 39.9 Å². The van der Waals surface area contributed by atoms with Crippen LogP contribution < -0.4 is 4.31 Å². The van der Waals surface area contributed by atoms with Gasteiger partial charge in [0.15, 0.2) is 11.7 Å². The Morgan fingerprint density at radius 1 is 1.03 bits per heavy atom. The van der Waals surface area contributed by atoms with E-state index >= 15 is 0 Å². The van der Waals surface area contributed by atoms with Crippen LogP contribution in [0.25, 0.3) is 10.2 Å². The number of Topliss-reactive ketones (excluding diaryl/α,β-unsaturated/α-hetero) is 1. The van der Waals surface area contributed by atoms with Gasteiger partial charge in [0.05, 0.1) is 26.9 Å². The van der Waals surface area contributed by atoms with Crippen LogP contribution in [0, 0.1) is 11.3 Å². The molecule has 0 fully saturated rings. The number of ketones is 1. The number of para-hydroxylation sites is 2. The maximum atomic E-state index is 13.1. The second-order valence-electron chi connectivity index (χ2n) is 6.98. The van der Waals surface area contributed by atoms with Gasteiger partial charge < -0.3 is 0 Å². The molecule has 160 valence electrons. The Kier molecular flexibility index (Phi) is 6.04. The molecule has 0 saturated heterocycles. The molecule has 32 heavy (non-hydrogen) atoms. The standard InChI is InChI=1S/C24H19N3O3S2/c1-2-27(18-8-4-3-5-9-18)32(29,30)19-14-12-17(13-15-19)23(28)20(16-25)24-26-21-10-6-7-11-22(21)31-24/h3-15,20H,2H2,1H3/t20-/m0/s1. The highest BCUT2D eigenvalue weighted by molar-refractivity contribution is 7.92. The van der Waals surface area contributed by atoms with Crippen molar-refractivity contribution < 1.29 is 13.2 Å². The van der Waals surface area contributed by atoms with Crippen LogP contribution in [0.5, 0.6) is 0 Å². The highest BCUT2D eigenvalue weighted by Crippen LogP contribution is 2.30. The van der Waals surface area contributed by atoms with Crippen molar-refractivity contribution in [3.05, 3.63) is 89.4 Å². The summed E-state index contributed by atoms with van der Waals surface area (Å²) in [5, 5.41) is 10.1. The summed E-state index contributed by atoms with van der Waals surface area (Å²) in [6, 6.07) is 24.0. The average molecular weight is 462 g/mol. The van der Waals surface area contributed by atoms with Gasteiger partial charge in [0.2, 0.25) is 0 Å². The molecule has 0 radical (unpaired) electrons. The minimum atomic E-state index is -3.80. The first-order valence-electron chi connectivity index (χ1n) is 9.93. The monoisotopic (exact) mass is 461 g/mol. The Bertz CT molecular complexity index is 1370. The zero-order valence-corrected chi connectivity index (χ0v) is 18.8. The number of sulfonamides is 1. The molecule has 3 aromatic carbocycles. The highest BCUT2D eigenvalue weighted by Gasteiger charge is 2.27. The summed E-state index contributed by atoms with van der Waals surface area (Å²) < 4.78 is 28.5. The predicted octanol–water partition coefficient (Wildman–Crippen LogP) is 5.00. The zero-order valence-electron chi connectivity index (χ0n) is 17.2. The molecule has 0 amide bonds. The number of rotatable bonds is 7. The quantitative estimate of drug-likeness (QED) is 0.361. The number of aromatic nitrogens is 1. The highest BCUT2D eigenvalue weighted by atomic mass is 32.2. The Morgan fingerprint density at radius 3 is 2.31 bits per heavy atom. The smallest absolute Gasteiger partial charge is 0.264 e. The summed E-state index contributed by atoms with van der Waals surface area (Å²) in [6.07, 6.45) is 0. The summed E-state index contributed by atoms with van der Waals surface area (Å²) >= 11 is 1.31. The van der Waals surface area contributed by atoms with E-state index in [1.807, 2.05) is 36.4 Å². The van der Waals surface area contributed by atoms with Gasteiger partial charge in [0.1, 0.15) is 5.01 Å². The summed E-state index contributed by atoms with van der Waals surface area (Å²) in [4.78, 5) is 17.5. The molecular weight excluding hydrogens is 442 g/mol. The molecule has 0 unspecified atom stereocenters. The third-order valence-electron chi connectivity index (χ3n) is 5.01. The third kappa shape index (κ3) is 4.00. The fourth-order valence-electron chi connectivity index (χ4n) is 3.41. The van der Waals surface area contributed by atoms with Gasteiger partial charge in [-0.1, -0.05) is 30.3 Å². The molecule has 4 aromatic rings. The molecule has 1 atom stereocenters. The van der Waals surface area contributed by atoms with Crippen LogP contribution in [-0.4, -0.2) is 25.7 Å². The second-order valence-corrected chi connectivity index (χ2v) is 9.90. The van der Waals surface area contributed by atoms with Crippen LogP contribution in [-0.2, 0) is 10.0 Å². The predicted molar refractivity (Wildman–Crippen MR) is 125 cm³/mol. The number of hydrogen-bond donors (Lipinski definition) is 0. The number of nitriles is 1. The van der Waals surface area contributed by atoms with Crippen molar-refractivity contribution >= 4 is 43.0 Å². The van der Waals surface area contributed by atoms with Gasteiger partial charge in [0.25, 0.3) is 10.0 Å². The van der Waals surface area contributed by atoms with Crippen molar-refractivity contribution in [1.82, 2.24) is 4.98 Å². The molecule has 4 rings (SSSR count). The first-order chi connectivity index (χ1) is 15.5. The molecule has 0 bridgehead atoms. The Balaban J connectivity index is 1.62. The molecule has 1 heterocycles. The molecule has 0 spiro atoms. The lowest BCUT2D eigenvalue weighted by atomic mass is 9.99. The van der Waals surface area contributed by atoms with Crippen LogP contribution in [0.1, 0.15) is 28.2 Å². The minimum absolute atomic E-state index is 0.0771. The maximum absolute atomic E-state index is 13.1. The number of nitrogens with zero attached hydrogens (tertiary/aromatic N) is 3. The van der Waals surface area contributed by atoms with Crippen molar-refractivity contribution in [1.29, 1.82) is 5.26 Å². The molecule has 0 aliphatic carbocycles. The molecular formula is C24H19N3O3S2. The Hall–Kier alpha value is -3.54. The number of hydrogen-bond acceptors (Lipinski definition) is 6. The van der Waals surface area contributed by atoms with E-state index in [1.54, 1.807) is 31.2 Å². The van der Waals surface area contributed by atoms with Gasteiger partial charge in [-0.25, -0.2) is 13.4 Å². The van der Waals surface area contributed by atoms with E-state index < -0.39 is 21.7 Å². The van der Waals surface area contributed by atoms with Gasteiger partial charge >= 0.3 is 0 Å². The lowest BCUT2D eigenvalue weighted by Crippen LogP contribution is -2.30. The van der Waals surface area contributed by atoms with E-state index in [-0.39, 0.29) is 17.0 Å².